The molecule has 2 aromatic heterocycles. The van der Waals surface area contributed by atoms with Gasteiger partial charge < -0.3 is 15.6 Å². The number of amides is 2. The Labute approximate surface area is 150 Å². The maximum atomic E-state index is 12.3. The smallest absolute Gasteiger partial charge is 0.251 e. The second-order valence-corrected chi connectivity index (χ2v) is 7.57. The number of fused-ring (bicyclic) bond motifs is 1. The third-order valence-electron chi connectivity index (χ3n) is 4.58. The van der Waals surface area contributed by atoms with Crippen molar-refractivity contribution >= 4 is 34.4 Å². The Bertz CT molecular complexity index is 822. The summed E-state index contributed by atoms with van der Waals surface area (Å²) in [7, 11) is 0. The lowest BCUT2D eigenvalue weighted by Gasteiger charge is -2.18. The molecule has 1 atom stereocenters. The zero-order valence-electron chi connectivity index (χ0n) is 14.1. The van der Waals surface area contributed by atoms with E-state index in [1.54, 1.807) is 22.9 Å². The average molecular weight is 359 g/mol. The lowest BCUT2D eigenvalue weighted by molar-refractivity contribution is -0.116. The van der Waals surface area contributed by atoms with Crippen LogP contribution in [0.5, 0.6) is 0 Å². The van der Waals surface area contributed by atoms with Gasteiger partial charge in [0, 0.05) is 24.0 Å². The minimum atomic E-state index is -0.490. The van der Waals surface area contributed by atoms with Gasteiger partial charge in [0.25, 0.3) is 5.91 Å². The monoisotopic (exact) mass is 359 g/mol. The molecule has 2 heterocycles. The van der Waals surface area contributed by atoms with Crippen LogP contribution >= 0.6 is 11.3 Å². The van der Waals surface area contributed by atoms with Gasteiger partial charge >= 0.3 is 0 Å². The van der Waals surface area contributed by atoms with Crippen molar-refractivity contribution in [2.24, 2.45) is 11.7 Å². The van der Waals surface area contributed by atoms with Gasteiger partial charge in [0.05, 0.1) is 11.3 Å². The molecular formula is C18H21N3O3S. The normalized spacial score (nSPS) is 16.3. The fraction of sp³-hybridized carbons (Fsp3) is 0.389. The molecule has 132 valence electrons. The topological polar surface area (TPSA) is 94.2 Å². The number of rotatable bonds is 6. The number of nitrogens with one attached hydrogen (secondary N) is 1. The van der Waals surface area contributed by atoms with Gasteiger partial charge in [-0.25, -0.2) is 0 Å². The van der Waals surface area contributed by atoms with Gasteiger partial charge in [-0.2, -0.15) is 0 Å². The highest BCUT2D eigenvalue weighted by atomic mass is 32.1. The summed E-state index contributed by atoms with van der Waals surface area (Å²) in [6.07, 6.45) is 5.51. The van der Waals surface area contributed by atoms with Crippen LogP contribution in [0, 0.1) is 5.92 Å². The van der Waals surface area contributed by atoms with E-state index in [2.05, 4.69) is 12.2 Å². The maximum absolute atomic E-state index is 12.3. The summed E-state index contributed by atoms with van der Waals surface area (Å²) in [5.41, 5.74) is 7.56. The fourth-order valence-electron chi connectivity index (χ4n) is 3.25. The zero-order valence-corrected chi connectivity index (χ0v) is 14.9. The summed E-state index contributed by atoms with van der Waals surface area (Å²) in [6, 6.07) is 3.46. The van der Waals surface area contributed by atoms with E-state index in [9.17, 15) is 14.4 Å². The van der Waals surface area contributed by atoms with Gasteiger partial charge in [-0.15, -0.1) is 11.3 Å². The molecule has 0 aliphatic heterocycles. The Morgan fingerprint density at radius 2 is 2.28 bits per heavy atom. The molecule has 1 aliphatic carbocycles. The largest absolute Gasteiger partial charge is 0.365 e. The van der Waals surface area contributed by atoms with Crippen molar-refractivity contribution in [1.82, 2.24) is 4.57 Å². The number of nitrogens with zero attached hydrogens (tertiary/aromatic N) is 1. The van der Waals surface area contributed by atoms with E-state index in [1.165, 1.54) is 11.3 Å². The summed E-state index contributed by atoms with van der Waals surface area (Å²) in [6.45, 7) is 2.59. The predicted octanol–water partition coefficient (Wildman–Crippen LogP) is 2.61. The van der Waals surface area contributed by atoms with Crippen LogP contribution in [-0.2, 0) is 24.2 Å². The molecule has 0 spiro atoms. The lowest BCUT2D eigenvalue weighted by Crippen LogP contribution is -2.20. The molecule has 7 heteroatoms. The highest BCUT2D eigenvalue weighted by Gasteiger charge is 2.27. The van der Waals surface area contributed by atoms with E-state index in [-0.39, 0.29) is 12.3 Å². The second kappa shape index (κ2) is 7.23. The molecular weight excluding hydrogens is 338 g/mol. The van der Waals surface area contributed by atoms with Crippen molar-refractivity contribution in [3.63, 3.8) is 0 Å². The maximum Gasteiger partial charge on any atom is 0.251 e. The second-order valence-electron chi connectivity index (χ2n) is 6.46. The van der Waals surface area contributed by atoms with E-state index in [1.807, 2.05) is 0 Å². The van der Waals surface area contributed by atoms with Gasteiger partial charge in [-0.3, -0.25) is 14.4 Å². The predicted molar refractivity (Wildman–Crippen MR) is 97.1 cm³/mol. The third kappa shape index (κ3) is 3.66. The van der Waals surface area contributed by atoms with E-state index in [0.29, 0.717) is 28.7 Å². The van der Waals surface area contributed by atoms with Crippen LogP contribution in [0.15, 0.2) is 18.3 Å². The molecule has 0 saturated heterocycles. The molecule has 25 heavy (non-hydrogen) atoms. The molecule has 2 amide bonds. The van der Waals surface area contributed by atoms with Crippen LogP contribution in [0.25, 0.3) is 0 Å². The van der Waals surface area contributed by atoms with E-state index in [4.69, 9.17) is 5.73 Å². The van der Waals surface area contributed by atoms with Gasteiger partial charge in [-0.05, 0) is 42.9 Å². The molecule has 0 saturated carbocycles. The summed E-state index contributed by atoms with van der Waals surface area (Å²) in [4.78, 5) is 36.2. The molecule has 2 aromatic rings. The van der Waals surface area contributed by atoms with Crippen LogP contribution in [0.4, 0.5) is 5.00 Å². The average Bonchev–Trinajstić information content (AvgIpc) is 3.15. The highest BCUT2D eigenvalue weighted by molar-refractivity contribution is 7.17. The van der Waals surface area contributed by atoms with Crippen LogP contribution < -0.4 is 11.1 Å². The van der Waals surface area contributed by atoms with Gasteiger partial charge in [0.15, 0.2) is 6.29 Å². The summed E-state index contributed by atoms with van der Waals surface area (Å²) >= 11 is 1.46. The molecule has 1 aliphatic rings. The Hall–Kier alpha value is -2.41. The Morgan fingerprint density at radius 1 is 1.48 bits per heavy atom. The summed E-state index contributed by atoms with van der Waals surface area (Å²) in [5.74, 6) is -0.110. The van der Waals surface area contributed by atoms with Crippen molar-refractivity contribution in [2.45, 2.75) is 39.2 Å². The Balaban J connectivity index is 1.73. The van der Waals surface area contributed by atoms with Crippen molar-refractivity contribution in [2.75, 3.05) is 5.32 Å². The summed E-state index contributed by atoms with van der Waals surface area (Å²) < 4.78 is 1.72. The number of carbonyl (C=O) groups excluding carboxylic acids is 3. The molecule has 0 fully saturated rings. The highest BCUT2D eigenvalue weighted by Crippen LogP contribution is 2.39. The van der Waals surface area contributed by atoms with Crippen LogP contribution in [-0.4, -0.2) is 22.7 Å². The number of thiophene rings is 1. The van der Waals surface area contributed by atoms with Gasteiger partial charge in [0.1, 0.15) is 5.00 Å². The molecule has 0 aromatic carbocycles. The van der Waals surface area contributed by atoms with Crippen LogP contribution in [0.3, 0.4) is 0 Å². The SMILES string of the molecule is CC1CCc2c(sc(NC(=O)CCn3cccc3C=O)c2C(N)=O)C1. The fourth-order valence-corrected chi connectivity index (χ4v) is 4.68. The number of aryl methyl sites for hydroxylation is 1. The van der Waals surface area contributed by atoms with E-state index in [0.717, 1.165) is 36.0 Å². The van der Waals surface area contributed by atoms with Crippen molar-refractivity contribution in [3.05, 3.63) is 40.0 Å². The van der Waals surface area contributed by atoms with E-state index < -0.39 is 5.91 Å². The third-order valence-corrected chi connectivity index (χ3v) is 5.75. The first-order valence-electron chi connectivity index (χ1n) is 8.34. The van der Waals surface area contributed by atoms with Crippen molar-refractivity contribution < 1.29 is 14.4 Å². The van der Waals surface area contributed by atoms with Crippen LogP contribution in [0.1, 0.15) is 51.1 Å². The minimum Gasteiger partial charge on any atom is -0.365 e. The quantitative estimate of drug-likeness (QED) is 0.776. The zero-order chi connectivity index (χ0) is 18.0. The Morgan fingerprint density at radius 3 is 3.00 bits per heavy atom. The minimum absolute atomic E-state index is 0.195. The van der Waals surface area contributed by atoms with Gasteiger partial charge in [-0.1, -0.05) is 6.92 Å². The molecule has 3 rings (SSSR count). The Kier molecular flexibility index (Phi) is 5.03. The first-order valence-corrected chi connectivity index (χ1v) is 9.15. The summed E-state index contributed by atoms with van der Waals surface area (Å²) in [5, 5.41) is 3.40. The molecule has 0 bridgehead atoms. The molecule has 6 nitrogen and oxygen atoms in total. The molecule has 3 N–H and O–H groups in total. The number of anilines is 1. The number of hydrogen-bond acceptors (Lipinski definition) is 4. The standard InChI is InChI=1S/C18H21N3O3S/c1-11-4-5-13-14(9-11)25-18(16(13)17(19)24)20-15(23)6-8-21-7-2-3-12(21)10-22/h2-3,7,10-11H,4-6,8-9H2,1H3,(H2,19,24)(H,20,23). The first-order chi connectivity index (χ1) is 12.0. The lowest BCUT2D eigenvalue weighted by atomic mass is 9.88. The molecule has 0 radical (unpaired) electrons. The van der Waals surface area contributed by atoms with E-state index >= 15 is 0 Å². The van der Waals surface area contributed by atoms with Crippen molar-refractivity contribution in [1.29, 1.82) is 0 Å². The molecule has 1 unspecified atom stereocenters. The number of primary amides is 1. The number of hydrogen-bond donors (Lipinski definition) is 2. The van der Waals surface area contributed by atoms with Crippen molar-refractivity contribution in [3.8, 4) is 0 Å². The first kappa shape index (κ1) is 17.4. The van der Waals surface area contributed by atoms with Gasteiger partial charge in [0.2, 0.25) is 5.91 Å². The van der Waals surface area contributed by atoms with Crippen LogP contribution in [0.2, 0.25) is 0 Å². The number of aldehydes is 1. The number of nitrogens with two attached hydrogens (primary N) is 1. The number of carbonyl (C=O) groups is 3. The number of aromatic nitrogens is 1.